The number of aromatic nitrogens is 1. The third-order valence-corrected chi connectivity index (χ3v) is 3.64. The summed E-state index contributed by atoms with van der Waals surface area (Å²) in [5.74, 6) is 0.113. The van der Waals surface area contributed by atoms with Gasteiger partial charge in [0.2, 0.25) is 5.91 Å². The Morgan fingerprint density at radius 1 is 1.65 bits per heavy atom. The van der Waals surface area contributed by atoms with Gasteiger partial charge in [0.25, 0.3) is 0 Å². The number of nitrogens with zero attached hydrogens (tertiary/aromatic N) is 1. The van der Waals surface area contributed by atoms with E-state index in [4.69, 9.17) is 0 Å². The van der Waals surface area contributed by atoms with Crippen LogP contribution in [-0.4, -0.2) is 29.5 Å². The molecule has 0 saturated heterocycles. The number of hydrogen-bond acceptors (Lipinski definition) is 4. The van der Waals surface area contributed by atoms with Crippen LogP contribution in [0.3, 0.4) is 0 Å². The monoisotopic (exact) mass is 253 g/mol. The standard InChI is InChI=1S/C12H19N3OS/c1-8(12(16)15-10-3-4-10)13-6-5-11-7-17-9(2)14-11/h7-8,10,13H,3-6H2,1-2H3,(H,15,16). The number of hydrogen-bond donors (Lipinski definition) is 2. The minimum absolute atomic E-state index is 0.113. The lowest BCUT2D eigenvalue weighted by Gasteiger charge is -2.13. The van der Waals surface area contributed by atoms with Crippen molar-refractivity contribution in [1.29, 1.82) is 0 Å². The highest BCUT2D eigenvalue weighted by molar-refractivity contribution is 7.09. The normalized spacial score (nSPS) is 16.8. The molecular weight excluding hydrogens is 234 g/mol. The summed E-state index contributed by atoms with van der Waals surface area (Å²) in [5, 5.41) is 9.39. The van der Waals surface area contributed by atoms with E-state index in [1.54, 1.807) is 11.3 Å². The maximum Gasteiger partial charge on any atom is 0.237 e. The smallest absolute Gasteiger partial charge is 0.237 e. The minimum atomic E-state index is -0.115. The van der Waals surface area contributed by atoms with Gasteiger partial charge in [-0.25, -0.2) is 4.98 Å². The van der Waals surface area contributed by atoms with E-state index in [9.17, 15) is 4.79 Å². The third kappa shape index (κ3) is 4.09. The molecule has 1 fully saturated rings. The number of thiazole rings is 1. The molecule has 1 aliphatic carbocycles. The first-order valence-corrected chi connectivity index (χ1v) is 6.98. The lowest BCUT2D eigenvalue weighted by Crippen LogP contribution is -2.43. The van der Waals surface area contributed by atoms with Crippen LogP contribution in [0.5, 0.6) is 0 Å². The van der Waals surface area contributed by atoms with E-state index in [1.807, 2.05) is 13.8 Å². The van der Waals surface area contributed by atoms with Crippen LogP contribution in [0.1, 0.15) is 30.5 Å². The summed E-state index contributed by atoms with van der Waals surface area (Å²) in [6.07, 6.45) is 3.15. The molecule has 1 aromatic heterocycles. The molecule has 1 atom stereocenters. The second-order valence-corrected chi connectivity index (χ2v) is 5.63. The molecule has 1 unspecified atom stereocenters. The van der Waals surface area contributed by atoms with Gasteiger partial charge in [0.1, 0.15) is 0 Å². The Bertz CT molecular complexity index is 387. The van der Waals surface area contributed by atoms with Crippen molar-refractivity contribution < 1.29 is 4.79 Å². The van der Waals surface area contributed by atoms with Crippen LogP contribution in [0.15, 0.2) is 5.38 Å². The maximum atomic E-state index is 11.7. The average molecular weight is 253 g/mol. The fraction of sp³-hybridized carbons (Fsp3) is 0.667. The number of rotatable bonds is 6. The zero-order chi connectivity index (χ0) is 12.3. The highest BCUT2D eigenvalue weighted by Crippen LogP contribution is 2.18. The van der Waals surface area contributed by atoms with Crippen molar-refractivity contribution in [1.82, 2.24) is 15.6 Å². The van der Waals surface area contributed by atoms with E-state index >= 15 is 0 Å². The van der Waals surface area contributed by atoms with Crippen LogP contribution in [-0.2, 0) is 11.2 Å². The first-order chi connectivity index (χ1) is 8.15. The van der Waals surface area contributed by atoms with Crippen LogP contribution in [0.4, 0.5) is 0 Å². The molecule has 1 aromatic rings. The molecule has 0 aliphatic heterocycles. The topological polar surface area (TPSA) is 54.0 Å². The van der Waals surface area contributed by atoms with Gasteiger partial charge in [-0.1, -0.05) is 0 Å². The largest absolute Gasteiger partial charge is 0.352 e. The molecule has 0 radical (unpaired) electrons. The van der Waals surface area contributed by atoms with E-state index < -0.39 is 0 Å². The van der Waals surface area contributed by atoms with Crippen LogP contribution in [0.2, 0.25) is 0 Å². The number of amides is 1. The van der Waals surface area contributed by atoms with Gasteiger partial charge in [0, 0.05) is 24.4 Å². The molecule has 1 saturated carbocycles. The van der Waals surface area contributed by atoms with Crippen molar-refractivity contribution in [3.63, 3.8) is 0 Å². The lowest BCUT2D eigenvalue weighted by molar-refractivity contribution is -0.122. The van der Waals surface area contributed by atoms with Gasteiger partial charge in [-0.2, -0.15) is 0 Å². The van der Waals surface area contributed by atoms with Crippen LogP contribution >= 0.6 is 11.3 Å². The fourth-order valence-electron chi connectivity index (χ4n) is 1.59. The summed E-state index contributed by atoms with van der Waals surface area (Å²) < 4.78 is 0. The van der Waals surface area contributed by atoms with Gasteiger partial charge in [-0.15, -0.1) is 11.3 Å². The van der Waals surface area contributed by atoms with Crippen LogP contribution in [0, 0.1) is 6.92 Å². The molecule has 1 heterocycles. The second kappa shape index (κ2) is 5.60. The molecule has 1 aliphatic rings. The van der Waals surface area contributed by atoms with E-state index in [2.05, 4.69) is 21.0 Å². The molecular formula is C12H19N3OS. The summed E-state index contributed by atoms with van der Waals surface area (Å²) >= 11 is 1.67. The first-order valence-electron chi connectivity index (χ1n) is 6.10. The Balaban J connectivity index is 1.65. The lowest BCUT2D eigenvalue weighted by atomic mass is 10.2. The van der Waals surface area contributed by atoms with Gasteiger partial charge in [-0.05, 0) is 26.7 Å². The SMILES string of the molecule is Cc1nc(CCNC(C)C(=O)NC2CC2)cs1. The van der Waals surface area contributed by atoms with Gasteiger partial charge < -0.3 is 10.6 Å². The Morgan fingerprint density at radius 3 is 3.00 bits per heavy atom. The molecule has 2 rings (SSSR count). The van der Waals surface area contributed by atoms with Gasteiger partial charge >= 0.3 is 0 Å². The molecule has 0 bridgehead atoms. The van der Waals surface area contributed by atoms with Gasteiger partial charge in [-0.3, -0.25) is 4.79 Å². The number of carbonyl (C=O) groups excluding carboxylic acids is 1. The molecule has 5 heteroatoms. The van der Waals surface area contributed by atoms with Crippen molar-refractivity contribution in [2.75, 3.05) is 6.54 Å². The summed E-state index contributed by atoms with van der Waals surface area (Å²) in [5.41, 5.74) is 1.11. The molecule has 0 spiro atoms. The van der Waals surface area contributed by atoms with Crippen molar-refractivity contribution in [3.8, 4) is 0 Å². The highest BCUT2D eigenvalue weighted by Gasteiger charge is 2.25. The Kier molecular flexibility index (Phi) is 4.12. The summed E-state index contributed by atoms with van der Waals surface area (Å²) in [6, 6.07) is 0.322. The zero-order valence-corrected chi connectivity index (χ0v) is 11.1. The molecule has 17 heavy (non-hydrogen) atoms. The Labute approximate surface area is 106 Å². The van der Waals surface area contributed by atoms with E-state index in [-0.39, 0.29) is 11.9 Å². The molecule has 4 nitrogen and oxygen atoms in total. The first kappa shape index (κ1) is 12.5. The molecule has 0 aromatic carbocycles. The molecule has 94 valence electrons. The number of nitrogens with one attached hydrogen (secondary N) is 2. The molecule has 1 amide bonds. The third-order valence-electron chi connectivity index (χ3n) is 2.82. The number of carbonyl (C=O) groups is 1. The Hall–Kier alpha value is -0.940. The van der Waals surface area contributed by atoms with Crippen molar-refractivity contribution in [3.05, 3.63) is 16.1 Å². The number of aryl methyl sites for hydroxylation is 1. The van der Waals surface area contributed by atoms with Gasteiger partial charge in [0.15, 0.2) is 0 Å². The predicted octanol–water partition coefficient (Wildman–Crippen LogP) is 1.25. The van der Waals surface area contributed by atoms with Crippen molar-refractivity contribution in [2.24, 2.45) is 0 Å². The Morgan fingerprint density at radius 2 is 2.41 bits per heavy atom. The van der Waals surface area contributed by atoms with E-state index in [1.165, 1.54) is 0 Å². The second-order valence-electron chi connectivity index (χ2n) is 4.57. The van der Waals surface area contributed by atoms with E-state index in [0.717, 1.165) is 36.5 Å². The zero-order valence-electron chi connectivity index (χ0n) is 10.3. The minimum Gasteiger partial charge on any atom is -0.352 e. The van der Waals surface area contributed by atoms with Gasteiger partial charge in [0.05, 0.1) is 16.7 Å². The summed E-state index contributed by atoms with van der Waals surface area (Å²) in [4.78, 5) is 16.0. The van der Waals surface area contributed by atoms with Crippen LogP contribution in [0.25, 0.3) is 0 Å². The fourth-order valence-corrected chi connectivity index (χ4v) is 2.23. The van der Waals surface area contributed by atoms with Crippen molar-refractivity contribution >= 4 is 17.2 Å². The van der Waals surface area contributed by atoms with Crippen molar-refractivity contribution in [2.45, 2.75) is 45.2 Å². The molecule has 2 N–H and O–H groups in total. The maximum absolute atomic E-state index is 11.7. The van der Waals surface area contributed by atoms with Crippen LogP contribution < -0.4 is 10.6 Å². The quantitative estimate of drug-likeness (QED) is 0.802. The summed E-state index contributed by atoms with van der Waals surface area (Å²) in [6.45, 7) is 4.71. The predicted molar refractivity (Wildman–Crippen MR) is 69.2 cm³/mol. The highest BCUT2D eigenvalue weighted by atomic mass is 32.1. The van der Waals surface area contributed by atoms with E-state index in [0.29, 0.717) is 6.04 Å². The average Bonchev–Trinajstić information content (AvgIpc) is 3.00. The summed E-state index contributed by atoms with van der Waals surface area (Å²) in [7, 11) is 0.